The van der Waals surface area contributed by atoms with E-state index in [2.05, 4.69) is 208 Å². The predicted octanol–water partition coefficient (Wildman–Crippen LogP) is 15.6. The van der Waals surface area contributed by atoms with E-state index in [9.17, 15) is 0 Å². The van der Waals surface area contributed by atoms with E-state index in [0.717, 1.165) is 34.0 Å². The van der Waals surface area contributed by atoms with Crippen molar-refractivity contribution in [2.24, 2.45) is 0 Å². The van der Waals surface area contributed by atoms with Crippen LogP contribution in [0.5, 0.6) is 0 Å². The van der Waals surface area contributed by atoms with Gasteiger partial charge in [-0.1, -0.05) is 212 Å². The van der Waals surface area contributed by atoms with Gasteiger partial charge in [0, 0.05) is 10.4 Å². The summed E-state index contributed by atoms with van der Waals surface area (Å²) < 4.78 is 1.11. The topological polar surface area (TPSA) is 0 Å². The molecule has 1 unspecified atom stereocenters. The molecular formula is C52H53Br. The largest absolute Gasteiger partial charge is 0.0988 e. The molecule has 0 aliphatic heterocycles. The van der Waals surface area contributed by atoms with Crippen LogP contribution in [0.3, 0.4) is 0 Å². The second-order valence-electron chi connectivity index (χ2n) is 13.2. The average molecular weight is 758 g/mol. The molecule has 1 aliphatic rings. The Morgan fingerprint density at radius 1 is 0.811 bits per heavy atom. The van der Waals surface area contributed by atoms with E-state index < -0.39 is 0 Å². The van der Waals surface area contributed by atoms with Crippen molar-refractivity contribution in [2.75, 3.05) is 0 Å². The number of aryl methyl sites for hydroxylation is 1. The molecule has 0 heterocycles. The van der Waals surface area contributed by atoms with Crippen LogP contribution in [0.2, 0.25) is 0 Å². The van der Waals surface area contributed by atoms with E-state index in [1.54, 1.807) is 0 Å². The van der Waals surface area contributed by atoms with E-state index in [-0.39, 0.29) is 13.3 Å². The number of allylic oxidation sites excluding steroid dienone is 19. The Bertz CT molecular complexity index is 2180. The maximum absolute atomic E-state index is 4.22. The third kappa shape index (κ3) is 10.9. The minimum absolute atomic E-state index is 0. The highest BCUT2D eigenvalue weighted by atomic mass is 79.9. The average Bonchev–Trinajstić information content (AvgIpc) is 3.43. The molecule has 4 aromatic carbocycles. The SMILES string of the molecule is C.C=C/C(C)=C\C=C(/C)c1ccc(/C(C=C)=C/C/C(=C\Cc2c(/C=C\C=C/C)cc(Br)c3ccccc23)C2=CC=CC(c3ccc(C)cc3)C=C2)cc1. The summed E-state index contributed by atoms with van der Waals surface area (Å²) in [4.78, 5) is 0. The third-order valence-corrected chi connectivity index (χ3v) is 10.2. The zero-order chi connectivity index (χ0) is 36.9. The first-order valence-electron chi connectivity index (χ1n) is 18.0. The van der Waals surface area contributed by atoms with Gasteiger partial charge in [-0.15, -0.1) is 0 Å². The molecule has 0 saturated heterocycles. The van der Waals surface area contributed by atoms with Crippen LogP contribution in [0.4, 0.5) is 0 Å². The van der Waals surface area contributed by atoms with Crippen molar-refractivity contribution < 1.29 is 0 Å². The van der Waals surface area contributed by atoms with Crippen LogP contribution in [-0.4, -0.2) is 0 Å². The molecule has 0 aromatic heterocycles. The van der Waals surface area contributed by atoms with Gasteiger partial charge in [0.25, 0.3) is 0 Å². The molecule has 0 radical (unpaired) electrons. The summed E-state index contributed by atoms with van der Waals surface area (Å²) in [5.41, 5.74) is 13.4. The minimum Gasteiger partial charge on any atom is -0.0988 e. The monoisotopic (exact) mass is 756 g/mol. The summed E-state index contributed by atoms with van der Waals surface area (Å²) in [5, 5.41) is 2.49. The molecule has 0 spiro atoms. The van der Waals surface area contributed by atoms with Gasteiger partial charge in [0.2, 0.25) is 0 Å². The first kappa shape index (κ1) is 40.5. The Morgan fingerprint density at radius 2 is 1.53 bits per heavy atom. The van der Waals surface area contributed by atoms with Gasteiger partial charge in [0.05, 0.1) is 0 Å². The summed E-state index contributed by atoms with van der Waals surface area (Å²) >= 11 is 3.85. The molecule has 0 N–H and O–H groups in total. The first-order chi connectivity index (χ1) is 25.3. The maximum Gasteiger partial charge on any atom is 0.0259 e. The van der Waals surface area contributed by atoms with Gasteiger partial charge >= 0.3 is 0 Å². The number of benzene rings is 4. The highest BCUT2D eigenvalue weighted by Crippen LogP contribution is 2.33. The fourth-order valence-corrected chi connectivity index (χ4v) is 6.91. The summed E-state index contributed by atoms with van der Waals surface area (Å²) in [7, 11) is 0. The Hall–Kier alpha value is -5.24. The Morgan fingerprint density at radius 3 is 2.23 bits per heavy atom. The lowest BCUT2D eigenvalue weighted by Crippen LogP contribution is -1.95. The van der Waals surface area contributed by atoms with E-state index in [1.165, 1.54) is 55.3 Å². The van der Waals surface area contributed by atoms with E-state index in [0.29, 0.717) is 0 Å². The summed E-state index contributed by atoms with van der Waals surface area (Å²) in [5.74, 6) is 0.223. The fourth-order valence-electron chi connectivity index (χ4n) is 6.32. The van der Waals surface area contributed by atoms with Gasteiger partial charge in [0.15, 0.2) is 0 Å². The molecule has 5 rings (SSSR count). The third-order valence-electron chi connectivity index (χ3n) is 9.54. The quantitative estimate of drug-likeness (QED) is 0.119. The normalized spacial score (nSPS) is 15.5. The zero-order valence-corrected chi connectivity index (χ0v) is 32.5. The summed E-state index contributed by atoms with van der Waals surface area (Å²) in [6.07, 6.45) is 34.3. The fraction of sp³-hybridized carbons (Fsp3) is 0.154. The molecule has 53 heavy (non-hydrogen) atoms. The van der Waals surface area contributed by atoms with Crippen LogP contribution in [0, 0.1) is 6.92 Å². The lowest BCUT2D eigenvalue weighted by atomic mass is 9.92. The van der Waals surface area contributed by atoms with E-state index in [1.807, 2.05) is 19.1 Å². The number of hydrogen-bond donors (Lipinski definition) is 0. The molecule has 1 heteroatoms. The molecule has 0 saturated carbocycles. The van der Waals surface area contributed by atoms with Crippen molar-refractivity contribution in [1.82, 2.24) is 0 Å². The van der Waals surface area contributed by atoms with Gasteiger partial charge < -0.3 is 0 Å². The highest BCUT2D eigenvalue weighted by Gasteiger charge is 2.12. The van der Waals surface area contributed by atoms with Crippen LogP contribution in [0.1, 0.15) is 73.9 Å². The van der Waals surface area contributed by atoms with Crippen molar-refractivity contribution in [3.8, 4) is 0 Å². The lowest BCUT2D eigenvalue weighted by molar-refractivity contribution is 1.08. The molecule has 0 bridgehead atoms. The first-order valence-corrected chi connectivity index (χ1v) is 18.8. The summed E-state index contributed by atoms with van der Waals surface area (Å²) in [6, 6.07) is 28.6. The number of halogens is 1. The zero-order valence-electron chi connectivity index (χ0n) is 30.9. The van der Waals surface area contributed by atoms with Crippen LogP contribution in [0.25, 0.3) is 28.0 Å². The van der Waals surface area contributed by atoms with Crippen molar-refractivity contribution in [3.63, 3.8) is 0 Å². The predicted molar refractivity (Wildman–Crippen MR) is 241 cm³/mol. The van der Waals surface area contributed by atoms with Crippen molar-refractivity contribution in [3.05, 3.63) is 232 Å². The molecule has 4 aromatic rings. The standard InChI is InChI=1S/C51H49Br.CH4/c1-7-10-11-15-47-36-51(52)50-19-13-12-18-49(50)48(47)35-34-46(43-17-14-16-42(32-33-43)45-24-21-38(5)22-25-45)29-26-40(9-3)44-30-27-41(28-31-44)39(6)23-20-37(4)8-2;/h7-28,30-34,36,42H,2-3,29,35H2,1,4-6H3;1H4/b10-7-,15-11-,37-20-,39-23+,40-26+,46-34+;. The maximum atomic E-state index is 4.22. The Balaban J connectivity index is 0.00000627. The lowest BCUT2D eigenvalue weighted by Gasteiger charge is -2.14. The molecule has 0 amide bonds. The van der Waals surface area contributed by atoms with Gasteiger partial charge in [-0.3, -0.25) is 0 Å². The highest BCUT2D eigenvalue weighted by molar-refractivity contribution is 9.10. The van der Waals surface area contributed by atoms with Crippen molar-refractivity contribution >= 4 is 43.9 Å². The van der Waals surface area contributed by atoms with Crippen molar-refractivity contribution in [1.29, 1.82) is 0 Å². The molecule has 0 fully saturated rings. The van der Waals surface area contributed by atoms with Gasteiger partial charge in [-0.05, 0) is 107 Å². The van der Waals surface area contributed by atoms with Crippen LogP contribution in [-0.2, 0) is 6.42 Å². The Kier molecular flexibility index (Phi) is 15.4. The molecule has 1 atom stereocenters. The second-order valence-corrected chi connectivity index (χ2v) is 14.1. The van der Waals surface area contributed by atoms with Crippen molar-refractivity contribution in [2.45, 2.75) is 53.9 Å². The molecule has 1 aliphatic carbocycles. The van der Waals surface area contributed by atoms with Gasteiger partial charge in [0.1, 0.15) is 0 Å². The van der Waals surface area contributed by atoms with E-state index in [4.69, 9.17) is 0 Å². The molecule has 268 valence electrons. The van der Waals surface area contributed by atoms with Crippen LogP contribution >= 0.6 is 15.9 Å². The van der Waals surface area contributed by atoms with Gasteiger partial charge in [-0.25, -0.2) is 0 Å². The molecular weight excluding hydrogens is 704 g/mol. The summed E-state index contributed by atoms with van der Waals surface area (Å²) in [6.45, 7) is 16.5. The minimum atomic E-state index is 0. The number of fused-ring (bicyclic) bond motifs is 1. The number of rotatable bonds is 13. The number of hydrogen-bond acceptors (Lipinski definition) is 0. The Labute approximate surface area is 327 Å². The van der Waals surface area contributed by atoms with E-state index >= 15 is 0 Å². The molecule has 0 nitrogen and oxygen atoms in total. The van der Waals surface area contributed by atoms with Crippen LogP contribution < -0.4 is 0 Å². The van der Waals surface area contributed by atoms with Crippen LogP contribution in [0.15, 0.2) is 198 Å². The van der Waals surface area contributed by atoms with Gasteiger partial charge in [-0.2, -0.15) is 0 Å². The second kappa shape index (κ2) is 20.1. The smallest absolute Gasteiger partial charge is 0.0259 e.